The summed E-state index contributed by atoms with van der Waals surface area (Å²) in [5.74, 6) is 0.514. The third kappa shape index (κ3) is 3.91. The van der Waals surface area contributed by atoms with Crippen molar-refractivity contribution in [3.8, 4) is 0 Å². The van der Waals surface area contributed by atoms with Crippen molar-refractivity contribution in [2.45, 2.75) is 37.6 Å². The summed E-state index contributed by atoms with van der Waals surface area (Å²) < 4.78 is 3.11. The lowest BCUT2D eigenvalue weighted by Crippen LogP contribution is -2.20. The molecule has 0 saturated carbocycles. The number of rotatable bonds is 7. The van der Waals surface area contributed by atoms with Gasteiger partial charge in [-0.15, -0.1) is 12.6 Å². The van der Waals surface area contributed by atoms with Crippen LogP contribution in [0.25, 0.3) is 10.2 Å². The van der Waals surface area contributed by atoms with Gasteiger partial charge in [-0.3, -0.25) is 0 Å². The molecular formula is C21H23N5S2. The van der Waals surface area contributed by atoms with Crippen molar-refractivity contribution in [1.29, 1.82) is 0 Å². The van der Waals surface area contributed by atoms with Gasteiger partial charge in [-0.25, -0.2) is 14.6 Å². The quantitative estimate of drug-likeness (QED) is 0.371. The summed E-state index contributed by atoms with van der Waals surface area (Å²) in [6, 6.07) is 14.8. The largest absolute Gasteiger partial charge is 0.332 e. The first-order valence-electron chi connectivity index (χ1n) is 9.48. The van der Waals surface area contributed by atoms with Crippen molar-refractivity contribution in [1.82, 2.24) is 19.7 Å². The van der Waals surface area contributed by atoms with Crippen molar-refractivity contribution in [2.24, 2.45) is 5.92 Å². The molecular weight excluding hydrogens is 386 g/mol. The molecule has 0 aliphatic heterocycles. The summed E-state index contributed by atoms with van der Waals surface area (Å²) in [6.07, 6.45) is 5.61. The van der Waals surface area contributed by atoms with Crippen LogP contribution in [0.15, 0.2) is 60.0 Å². The number of aromatic nitrogens is 4. The van der Waals surface area contributed by atoms with Crippen molar-refractivity contribution in [3.63, 3.8) is 0 Å². The first-order chi connectivity index (χ1) is 13.7. The summed E-state index contributed by atoms with van der Waals surface area (Å²) in [6.45, 7) is 4.47. The molecule has 0 aliphatic carbocycles. The maximum Gasteiger partial charge on any atom is 0.188 e. The number of thiazole rings is 1. The maximum atomic E-state index is 4.65. The lowest BCUT2D eigenvalue weighted by Gasteiger charge is -2.26. The number of nitrogens with one attached hydrogen (secondary N) is 1. The van der Waals surface area contributed by atoms with E-state index < -0.39 is 0 Å². The van der Waals surface area contributed by atoms with Crippen molar-refractivity contribution in [2.75, 3.05) is 5.32 Å². The Kier molecular flexibility index (Phi) is 5.64. The molecule has 0 aliphatic rings. The van der Waals surface area contributed by atoms with Crippen LogP contribution in [0, 0.1) is 5.92 Å². The minimum Gasteiger partial charge on any atom is -0.332 e. The highest BCUT2D eigenvalue weighted by Crippen LogP contribution is 2.33. The van der Waals surface area contributed by atoms with Crippen LogP contribution in [0.2, 0.25) is 0 Å². The zero-order chi connectivity index (χ0) is 19.5. The van der Waals surface area contributed by atoms with E-state index in [1.54, 1.807) is 17.7 Å². The lowest BCUT2D eigenvalue weighted by molar-refractivity contribution is 0.332. The van der Waals surface area contributed by atoms with Crippen LogP contribution in [0.1, 0.15) is 38.3 Å². The third-order valence-electron chi connectivity index (χ3n) is 5.09. The number of anilines is 2. The summed E-state index contributed by atoms with van der Waals surface area (Å²) in [4.78, 5) is 9.75. The Balaban J connectivity index is 1.58. The number of benzene rings is 2. The topological polar surface area (TPSA) is 55.6 Å². The predicted octanol–water partition coefficient (Wildman–Crippen LogP) is 5.95. The highest BCUT2D eigenvalue weighted by atomic mass is 32.1. The zero-order valence-corrected chi connectivity index (χ0v) is 17.6. The molecule has 0 amide bonds. The minimum atomic E-state index is 0.197. The Morgan fingerprint density at radius 2 is 1.89 bits per heavy atom. The molecule has 0 saturated heterocycles. The molecule has 0 spiro atoms. The summed E-state index contributed by atoms with van der Waals surface area (Å²) in [5, 5.41) is 8.71. The van der Waals surface area contributed by atoms with Crippen LogP contribution < -0.4 is 5.32 Å². The van der Waals surface area contributed by atoms with Gasteiger partial charge < -0.3 is 5.32 Å². The van der Waals surface area contributed by atoms with E-state index in [0.717, 1.165) is 38.8 Å². The maximum absolute atomic E-state index is 4.65. The van der Waals surface area contributed by atoms with Crippen LogP contribution in [0.3, 0.4) is 0 Å². The van der Waals surface area contributed by atoms with E-state index in [9.17, 15) is 0 Å². The van der Waals surface area contributed by atoms with Crippen LogP contribution in [0.5, 0.6) is 0 Å². The van der Waals surface area contributed by atoms with Gasteiger partial charge in [0.2, 0.25) is 0 Å². The molecule has 0 bridgehead atoms. The zero-order valence-electron chi connectivity index (χ0n) is 15.9. The molecule has 4 rings (SSSR count). The number of nitrogens with zero attached hydrogens (tertiary/aromatic N) is 4. The molecule has 2 aromatic heterocycles. The number of thiol groups is 1. The highest BCUT2D eigenvalue weighted by Gasteiger charge is 2.23. The van der Waals surface area contributed by atoms with Crippen LogP contribution in [0.4, 0.5) is 10.8 Å². The first-order valence-corrected chi connectivity index (χ1v) is 10.7. The van der Waals surface area contributed by atoms with Crippen molar-refractivity contribution >= 4 is 45.0 Å². The minimum absolute atomic E-state index is 0.197. The Labute approximate surface area is 174 Å². The average molecular weight is 410 g/mol. The summed E-state index contributed by atoms with van der Waals surface area (Å²) in [5.41, 5.74) is 3.26. The number of hydrogen-bond acceptors (Lipinski definition) is 6. The molecule has 4 aromatic rings. The fraction of sp³-hybridized carbons (Fsp3) is 0.286. The SMILES string of the molecule is CCC(CC)C(c1ccc(Nc2nc3ccc(S)cc3s2)cc1)n1cncn1. The van der Waals surface area contributed by atoms with Gasteiger partial charge in [-0.1, -0.05) is 50.2 Å². The predicted molar refractivity (Wildman–Crippen MR) is 119 cm³/mol. The van der Waals surface area contributed by atoms with Gasteiger partial charge in [0.15, 0.2) is 5.13 Å². The van der Waals surface area contributed by atoms with Crippen LogP contribution in [-0.2, 0) is 0 Å². The van der Waals surface area contributed by atoms with E-state index in [4.69, 9.17) is 0 Å². The van der Waals surface area contributed by atoms with Gasteiger partial charge in [0.1, 0.15) is 12.7 Å². The van der Waals surface area contributed by atoms with E-state index >= 15 is 0 Å². The summed E-state index contributed by atoms with van der Waals surface area (Å²) >= 11 is 6.04. The highest BCUT2D eigenvalue weighted by molar-refractivity contribution is 7.80. The van der Waals surface area contributed by atoms with Gasteiger partial charge in [0.05, 0.1) is 16.3 Å². The van der Waals surface area contributed by atoms with Gasteiger partial charge in [-0.05, 0) is 41.8 Å². The first kappa shape index (κ1) is 19.0. The van der Waals surface area contributed by atoms with E-state index in [1.807, 2.05) is 29.2 Å². The second-order valence-electron chi connectivity index (χ2n) is 6.81. The normalized spacial score (nSPS) is 12.6. The molecule has 7 heteroatoms. The fourth-order valence-corrected chi connectivity index (χ4v) is 4.81. The van der Waals surface area contributed by atoms with E-state index in [2.05, 4.69) is 71.1 Å². The van der Waals surface area contributed by atoms with Crippen LogP contribution in [-0.4, -0.2) is 19.7 Å². The lowest BCUT2D eigenvalue weighted by atomic mass is 9.89. The second kappa shape index (κ2) is 8.32. The van der Waals surface area contributed by atoms with Gasteiger partial charge in [-0.2, -0.15) is 5.10 Å². The number of fused-ring (bicyclic) bond motifs is 1. The molecule has 0 fully saturated rings. The Bertz CT molecular complexity index is 1040. The average Bonchev–Trinajstić information content (AvgIpc) is 3.36. The van der Waals surface area contributed by atoms with Gasteiger partial charge in [0, 0.05) is 10.6 Å². The fourth-order valence-electron chi connectivity index (χ4n) is 3.59. The Morgan fingerprint density at radius 3 is 2.57 bits per heavy atom. The molecule has 2 heterocycles. The smallest absolute Gasteiger partial charge is 0.188 e. The molecule has 5 nitrogen and oxygen atoms in total. The number of hydrogen-bond donors (Lipinski definition) is 2. The van der Waals surface area contributed by atoms with E-state index in [1.165, 1.54) is 5.56 Å². The molecule has 1 N–H and O–H groups in total. The third-order valence-corrected chi connectivity index (χ3v) is 6.30. The molecule has 144 valence electrons. The second-order valence-corrected chi connectivity index (χ2v) is 8.36. The molecule has 1 atom stereocenters. The monoisotopic (exact) mass is 409 g/mol. The standard InChI is InChI=1S/C21H23N5S2/c1-3-14(4-2)20(26-13-22-12-23-26)15-5-7-16(8-6-15)24-21-25-18-10-9-17(27)11-19(18)28-21/h5-14,20,27H,3-4H2,1-2H3,(H,24,25). The Morgan fingerprint density at radius 1 is 1.11 bits per heavy atom. The van der Waals surface area contributed by atoms with E-state index in [0.29, 0.717) is 5.92 Å². The van der Waals surface area contributed by atoms with Gasteiger partial charge in [0.25, 0.3) is 0 Å². The van der Waals surface area contributed by atoms with E-state index in [-0.39, 0.29) is 6.04 Å². The molecule has 0 radical (unpaired) electrons. The van der Waals surface area contributed by atoms with Crippen LogP contribution >= 0.6 is 24.0 Å². The summed E-state index contributed by atoms with van der Waals surface area (Å²) in [7, 11) is 0. The molecule has 1 unspecified atom stereocenters. The molecule has 28 heavy (non-hydrogen) atoms. The van der Waals surface area contributed by atoms with Gasteiger partial charge >= 0.3 is 0 Å². The Hall–Kier alpha value is -2.38. The van der Waals surface area contributed by atoms with Crippen molar-refractivity contribution in [3.05, 3.63) is 60.7 Å². The van der Waals surface area contributed by atoms with Crippen molar-refractivity contribution < 1.29 is 0 Å². The molecule has 2 aromatic carbocycles.